The number of urea groups is 1. The summed E-state index contributed by atoms with van der Waals surface area (Å²) >= 11 is 1.48. The highest BCUT2D eigenvalue weighted by Crippen LogP contribution is 2.59. The molecule has 4 aliphatic rings. The third kappa shape index (κ3) is 4.01. The topological polar surface area (TPSA) is 72.4 Å². The van der Waals surface area contributed by atoms with Crippen LogP contribution in [0.3, 0.4) is 0 Å². The first kappa shape index (κ1) is 20.0. The number of amides is 2. The monoisotopic (exact) mass is 428 g/mol. The fourth-order valence-electron chi connectivity index (χ4n) is 6.24. The second-order valence-electron chi connectivity index (χ2n) is 10.9. The minimum atomic E-state index is -0.247. The molecule has 0 unspecified atom stereocenters. The molecule has 162 valence electrons. The van der Waals surface area contributed by atoms with Gasteiger partial charge in [0.25, 0.3) is 0 Å². The van der Waals surface area contributed by atoms with Gasteiger partial charge < -0.3 is 9.73 Å². The molecule has 6 rings (SSSR count). The Bertz CT molecular complexity index is 944. The standard InChI is InChI=1S/C23H32N4O2S/c1-22(2,3)19-26-27(13-18-5-4-6-29-18)21(30-19)25-20(28)24-14-23-10-15-7-16(11-23)9-17(8-15)12-23/h4-6,15-17H,7-14H2,1-3H3,(H,24,28). The molecule has 0 atom stereocenters. The Morgan fingerprint density at radius 2 is 1.93 bits per heavy atom. The van der Waals surface area contributed by atoms with E-state index in [9.17, 15) is 4.79 Å². The lowest BCUT2D eigenvalue weighted by molar-refractivity contribution is -0.0497. The first-order chi connectivity index (χ1) is 14.3. The summed E-state index contributed by atoms with van der Waals surface area (Å²) < 4.78 is 7.27. The zero-order valence-corrected chi connectivity index (χ0v) is 19.0. The summed E-state index contributed by atoms with van der Waals surface area (Å²) in [5.74, 6) is 3.46. The average Bonchev–Trinajstić information content (AvgIpc) is 3.30. The molecule has 2 heterocycles. The van der Waals surface area contributed by atoms with Crippen molar-refractivity contribution in [3.8, 4) is 0 Å². The van der Waals surface area contributed by atoms with Crippen LogP contribution >= 0.6 is 11.3 Å². The maximum Gasteiger partial charge on any atom is 0.343 e. The molecule has 2 aromatic rings. The quantitative estimate of drug-likeness (QED) is 0.766. The highest BCUT2D eigenvalue weighted by Gasteiger charge is 2.50. The Morgan fingerprint density at radius 1 is 1.27 bits per heavy atom. The summed E-state index contributed by atoms with van der Waals surface area (Å²) in [5.41, 5.74) is 0.216. The molecule has 4 saturated carbocycles. The van der Waals surface area contributed by atoms with Crippen molar-refractivity contribution < 1.29 is 9.21 Å². The van der Waals surface area contributed by atoms with Crippen molar-refractivity contribution in [1.82, 2.24) is 15.1 Å². The lowest BCUT2D eigenvalue weighted by atomic mass is 9.49. The van der Waals surface area contributed by atoms with E-state index in [2.05, 4.69) is 31.1 Å². The molecule has 2 aromatic heterocycles. The molecule has 0 radical (unpaired) electrons. The minimum absolute atomic E-state index is 0.0982. The van der Waals surface area contributed by atoms with Crippen LogP contribution in [0.15, 0.2) is 27.8 Å². The van der Waals surface area contributed by atoms with Crippen LogP contribution < -0.4 is 10.1 Å². The normalized spacial score (nSPS) is 30.8. The molecule has 2 amide bonds. The van der Waals surface area contributed by atoms with Crippen molar-refractivity contribution >= 4 is 17.4 Å². The van der Waals surface area contributed by atoms with Crippen molar-refractivity contribution in [2.45, 2.75) is 71.3 Å². The molecule has 6 nitrogen and oxygen atoms in total. The Morgan fingerprint density at radius 3 is 2.50 bits per heavy atom. The molecule has 0 saturated heterocycles. The predicted octanol–water partition coefficient (Wildman–Crippen LogP) is 4.71. The number of hydrogen-bond donors (Lipinski definition) is 1. The molecule has 7 heteroatoms. The van der Waals surface area contributed by atoms with Crippen LogP contribution in [0.5, 0.6) is 0 Å². The van der Waals surface area contributed by atoms with E-state index in [1.165, 1.54) is 49.9 Å². The van der Waals surface area contributed by atoms with E-state index in [1.807, 2.05) is 12.1 Å². The van der Waals surface area contributed by atoms with Gasteiger partial charge in [0.1, 0.15) is 17.3 Å². The van der Waals surface area contributed by atoms with E-state index < -0.39 is 0 Å². The first-order valence-electron chi connectivity index (χ1n) is 11.2. The van der Waals surface area contributed by atoms with Crippen LogP contribution in [-0.2, 0) is 12.0 Å². The number of aromatic nitrogens is 2. The van der Waals surface area contributed by atoms with Gasteiger partial charge in [-0.25, -0.2) is 9.48 Å². The summed E-state index contributed by atoms with van der Waals surface area (Å²) in [6.45, 7) is 7.61. The Hall–Kier alpha value is -1.89. The van der Waals surface area contributed by atoms with Crippen molar-refractivity contribution in [3.63, 3.8) is 0 Å². The van der Waals surface area contributed by atoms with Crippen LogP contribution in [0, 0.1) is 23.2 Å². The van der Waals surface area contributed by atoms with E-state index in [4.69, 9.17) is 9.52 Å². The number of hydrogen-bond acceptors (Lipinski definition) is 4. The number of carbonyl (C=O) groups excluding carboxylic acids is 1. The molecule has 4 aliphatic carbocycles. The van der Waals surface area contributed by atoms with Crippen molar-refractivity contribution in [1.29, 1.82) is 0 Å². The Balaban J connectivity index is 1.33. The third-order valence-electron chi connectivity index (χ3n) is 7.12. The van der Waals surface area contributed by atoms with Crippen LogP contribution in [0.25, 0.3) is 0 Å². The zero-order valence-electron chi connectivity index (χ0n) is 18.2. The highest BCUT2D eigenvalue weighted by atomic mass is 32.1. The summed E-state index contributed by atoms with van der Waals surface area (Å²) in [6.07, 6.45) is 9.76. The van der Waals surface area contributed by atoms with Gasteiger partial charge in [-0.05, 0) is 73.8 Å². The molecule has 4 fully saturated rings. The lowest BCUT2D eigenvalue weighted by Crippen LogP contribution is -2.51. The van der Waals surface area contributed by atoms with Gasteiger partial charge >= 0.3 is 6.03 Å². The molecule has 30 heavy (non-hydrogen) atoms. The van der Waals surface area contributed by atoms with E-state index in [0.29, 0.717) is 16.8 Å². The van der Waals surface area contributed by atoms with E-state index >= 15 is 0 Å². The molecule has 4 bridgehead atoms. The summed E-state index contributed by atoms with van der Waals surface area (Å²) in [5, 5.41) is 8.84. The fourth-order valence-corrected chi connectivity index (χ4v) is 7.20. The number of carbonyl (C=O) groups is 1. The lowest BCUT2D eigenvalue weighted by Gasteiger charge is -2.56. The average molecular weight is 429 g/mol. The van der Waals surface area contributed by atoms with Gasteiger partial charge in [-0.1, -0.05) is 32.1 Å². The largest absolute Gasteiger partial charge is 0.467 e. The fraction of sp³-hybridized carbons (Fsp3) is 0.696. The van der Waals surface area contributed by atoms with Gasteiger partial charge in [0.2, 0.25) is 4.80 Å². The second kappa shape index (κ2) is 7.36. The van der Waals surface area contributed by atoms with Gasteiger partial charge in [-0.15, -0.1) is 0 Å². The van der Waals surface area contributed by atoms with Crippen molar-refractivity contribution in [3.05, 3.63) is 34.0 Å². The van der Waals surface area contributed by atoms with Gasteiger partial charge in [-0.2, -0.15) is 10.1 Å². The summed E-state index contributed by atoms with van der Waals surface area (Å²) in [4.78, 5) is 17.8. The van der Waals surface area contributed by atoms with Gasteiger partial charge in [0, 0.05) is 12.0 Å². The van der Waals surface area contributed by atoms with Crippen LogP contribution in [0.1, 0.15) is 70.1 Å². The van der Waals surface area contributed by atoms with Crippen LogP contribution in [-0.4, -0.2) is 22.4 Å². The predicted molar refractivity (Wildman–Crippen MR) is 116 cm³/mol. The molecule has 0 aliphatic heterocycles. The molecule has 0 aromatic carbocycles. The van der Waals surface area contributed by atoms with Crippen LogP contribution in [0.4, 0.5) is 4.79 Å². The number of nitrogens with one attached hydrogen (secondary N) is 1. The first-order valence-corrected chi connectivity index (χ1v) is 12.0. The SMILES string of the molecule is CC(C)(C)c1nn(Cc2ccco2)c(=NC(=O)NCC23CC4CC(CC(C4)C2)C3)s1. The maximum atomic E-state index is 12.8. The maximum absolute atomic E-state index is 12.8. The third-order valence-corrected chi connectivity index (χ3v) is 8.50. The van der Waals surface area contributed by atoms with Gasteiger partial charge in [-0.3, -0.25) is 0 Å². The summed E-state index contributed by atoms with van der Waals surface area (Å²) in [6, 6.07) is 3.53. The number of rotatable bonds is 4. The van der Waals surface area contributed by atoms with Gasteiger partial charge in [0.15, 0.2) is 0 Å². The molecule has 1 N–H and O–H groups in total. The number of nitrogens with zero attached hydrogens (tertiary/aromatic N) is 3. The zero-order chi connectivity index (χ0) is 20.9. The Kier molecular flexibility index (Phi) is 4.92. The van der Waals surface area contributed by atoms with Crippen molar-refractivity contribution in [2.24, 2.45) is 28.2 Å². The smallest absolute Gasteiger partial charge is 0.343 e. The molecular formula is C23H32N4O2S. The van der Waals surface area contributed by atoms with Crippen LogP contribution in [0.2, 0.25) is 0 Å². The van der Waals surface area contributed by atoms with E-state index in [1.54, 1.807) is 10.9 Å². The molecular weight excluding hydrogens is 396 g/mol. The second-order valence-corrected chi connectivity index (χ2v) is 11.8. The van der Waals surface area contributed by atoms with E-state index in [-0.39, 0.29) is 11.4 Å². The van der Waals surface area contributed by atoms with Gasteiger partial charge in [0.05, 0.1) is 6.26 Å². The minimum Gasteiger partial charge on any atom is -0.467 e. The van der Waals surface area contributed by atoms with E-state index in [0.717, 1.165) is 35.1 Å². The van der Waals surface area contributed by atoms with Crippen molar-refractivity contribution in [2.75, 3.05) is 6.54 Å². The highest BCUT2D eigenvalue weighted by molar-refractivity contribution is 7.09. The summed E-state index contributed by atoms with van der Waals surface area (Å²) in [7, 11) is 0. The molecule has 0 spiro atoms. The Labute approximate surface area is 181 Å². The number of furan rings is 1.